The Morgan fingerprint density at radius 3 is 2.82 bits per heavy atom. The summed E-state index contributed by atoms with van der Waals surface area (Å²) < 4.78 is 5.24. The second kappa shape index (κ2) is 3.94. The van der Waals surface area contributed by atoms with Gasteiger partial charge in [0.15, 0.2) is 0 Å². The van der Waals surface area contributed by atoms with Crippen molar-refractivity contribution in [1.82, 2.24) is 4.90 Å². The van der Waals surface area contributed by atoms with Gasteiger partial charge in [-0.15, -0.1) is 0 Å². The second-order valence-corrected chi connectivity index (χ2v) is 5.12. The maximum absolute atomic E-state index is 11.8. The topological polar surface area (TPSA) is 71.3 Å². The van der Waals surface area contributed by atoms with Crippen molar-refractivity contribution in [2.24, 2.45) is 15.9 Å². The van der Waals surface area contributed by atoms with Crippen molar-refractivity contribution in [1.29, 1.82) is 0 Å². The van der Waals surface area contributed by atoms with Crippen LogP contribution in [-0.4, -0.2) is 47.6 Å². The molecule has 2 amide bonds. The summed E-state index contributed by atoms with van der Waals surface area (Å²) in [7, 11) is 0. The molecule has 0 spiro atoms. The number of hydrogen-bond acceptors (Lipinski definition) is 4. The molecule has 2 aliphatic heterocycles. The molecule has 0 aromatic carbocycles. The Morgan fingerprint density at radius 1 is 1.53 bits per heavy atom. The van der Waals surface area contributed by atoms with Crippen LogP contribution in [-0.2, 0) is 9.53 Å². The molecule has 0 radical (unpaired) electrons. The molecule has 2 rings (SSSR count). The SMILES string of the molecule is CC(C)(C)OC(=O)N1CC2=NC=NC(=O)C2C1. The number of aliphatic imine (C=N–C) groups is 2. The fraction of sp³-hybridized carbons (Fsp3) is 0.636. The van der Waals surface area contributed by atoms with E-state index in [1.54, 1.807) is 20.8 Å². The zero-order chi connectivity index (χ0) is 12.6. The molecule has 0 aromatic heterocycles. The van der Waals surface area contributed by atoms with Crippen LogP contribution in [0.25, 0.3) is 0 Å². The van der Waals surface area contributed by atoms with E-state index < -0.39 is 11.7 Å². The molecule has 1 saturated heterocycles. The lowest BCUT2D eigenvalue weighted by Crippen LogP contribution is -2.35. The first-order valence-electron chi connectivity index (χ1n) is 5.48. The number of ether oxygens (including phenoxy) is 1. The van der Waals surface area contributed by atoms with Crippen LogP contribution in [0.4, 0.5) is 4.79 Å². The smallest absolute Gasteiger partial charge is 0.410 e. The third kappa shape index (κ3) is 2.51. The van der Waals surface area contributed by atoms with E-state index in [0.29, 0.717) is 18.8 Å². The Labute approximate surface area is 99.4 Å². The van der Waals surface area contributed by atoms with Gasteiger partial charge in [0.2, 0.25) is 0 Å². The largest absolute Gasteiger partial charge is 0.444 e. The molecule has 0 saturated carbocycles. The molecule has 6 heteroatoms. The van der Waals surface area contributed by atoms with E-state index in [9.17, 15) is 9.59 Å². The van der Waals surface area contributed by atoms with Crippen molar-refractivity contribution in [3.05, 3.63) is 0 Å². The highest BCUT2D eigenvalue weighted by Crippen LogP contribution is 2.20. The van der Waals surface area contributed by atoms with Crippen LogP contribution >= 0.6 is 0 Å². The van der Waals surface area contributed by atoms with E-state index in [-0.39, 0.29) is 11.8 Å². The predicted octanol–water partition coefficient (Wildman–Crippen LogP) is 0.863. The van der Waals surface area contributed by atoms with Crippen LogP contribution < -0.4 is 0 Å². The molecule has 0 N–H and O–H groups in total. The van der Waals surface area contributed by atoms with Gasteiger partial charge in [-0.05, 0) is 20.8 Å². The van der Waals surface area contributed by atoms with Gasteiger partial charge in [0.1, 0.15) is 11.9 Å². The van der Waals surface area contributed by atoms with Crippen LogP contribution in [0.5, 0.6) is 0 Å². The van der Waals surface area contributed by atoms with E-state index in [4.69, 9.17) is 4.74 Å². The third-order valence-electron chi connectivity index (χ3n) is 2.52. The van der Waals surface area contributed by atoms with Crippen molar-refractivity contribution >= 4 is 24.1 Å². The highest BCUT2D eigenvalue weighted by Gasteiger charge is 2.39. The van der Waals surface area contributed by atoms with Gasteiger partial charge in [-0.3, -0.25) is 4.79 Å². The molecule has 92 valence electrons. The van der Waals surface area contributed by atoms with E-state index in [1.807, 2.05) is 0 Å². The van der Waals surface area contributed by atoms with Crippen molar-refractivity contribution in [2.75, 3.05) is 13.1 Å². The maximum atomic E-state index is 11.8. The Balaban J connectivity index is 2.04. The highest BCUT2D eigenvalue weighted by atomic mass is 16.6. The van der Waals surface area contributed by atoms with Gasteiger partial charge in [-0.2, -0.15) is 0 Å². The zero-order valence-corrected chi connectivity index (χ0v) is 10.1. The Morgan fingerprint density at radius 2 is 2.24 bits per heavy atom. The molecule has 0 bridgehead atoms. The quantitative estimate of drug-likeness (QED) is 0.627. The van der Waals surface area contributed by atoms with Gasteiger partial charge in [0.05, 0.1) is 18.2 Å². The Kier molecular flexibility index (Phi) is 2.73. The summed E-state index contributed by atoms with van der Waals surface area (Å²) in [5.41, 5.74) is 0.156. The Hall–Kier alpha value is -1.72. The minimum Gasteiger partial charge on any atom is -0.444 e. The summed E-state index contributed by atoms with van der Waals surface area (Å²) >= 11 is 0. The standard InChI is InChI=1S/C11H15N3O3/c1-11(2,3)17-10(16)14-4-7-8(5-14)12-6-13-9(7)15/h6-7H,4-5H2,1-3H3. The van der Waals surface area contributed by atoms with Crippen LogP contribution in [0.3, 0.4) is 0 Å². The molecule has 1 fully saturated rings. The minimum atomic E-state index is -0.535. The van der Waals surface area contributed by atoms with Crippen molar-refractivity contribution in [3.63, 3.8) is 0 Å². The fourth-order valence-corrected chi connectivity index (χ4v) is 1.76. The van der Waals surface area contributed by atoms with Gasteiger partial charge in [-0.1, -0.05) is 0 Å². The number of carbonyl (C=O) groups is 2. The van der Waals surface area contributed by atoms with Gasteiger partial charge >= 0.3 is 6.09 Å². The molecule has 2 aliphatic rings. The van der Waals surface area contributed by atoms with Crippen molar-refractivity contribution in [3.8, 4) is 0 Å². The van der Waals surface area contributed by atoms with Crippen LogP contribution in [0.1, 0.15) is 20.8 Å². The molecule has 2 heterocycles. The summed E-state index contributed by atoms with van der Waals surface area (Å²) in [5.74, 6) is -0.617. The third-order valence-corrected chi connectivity index (χ3v) is 2.52. The van der Waals surface area contributed by atoms with Gasteiger partial charge < -0.3 is 9.64 Å². The number of rotatable bonds is 0. The van der Waals surface area contributed by atoms with E-state index >= 15 is 0 Å². The van der Waals surface area contributed by atoms with Gasteiger partial charge in [0, 0.05) is 6.54 Å². The summed E-state index contributed by atoms with van der Waals surface area (Å²) in [5, 5.41) is 0. The first-order chi connectivity index (χ1) is 7.87. The van der Waals surface area contributed by atoms with E-state index in [2.05, 4.69) is 9.98 Å². The summed E-state index contributed by atoms with van der Waals surface area (Å²) in [6, 6.07) is 0. The summed E-state index contributed by atoms with van der Waals surface area (Å²) in [6.07, 6.45) is 0.828. The molecular weight excluding hydrogens is 222 g/mol. The predicted molar refractivity (Wildman–Crippen MR) is 62.2 cm³/mol. The maximum Gasteiger partial charge on any atom is 0.410 e. The first kappa shape index (κ1) is 11.8. The molecular formula is C11H15N3O3. The lowest BCUT2D eigenvalue weighted by Gasteiger charge is -2.23. The molecule has 1 atom stereocenters. The number of likely N-dealkylation sites (tertiary alicyclic amines) is 1. The average molecular weight is 237 g/mol. The fourth-order valence-electron chi connectivity index (χ4n) is 1.76. The average Bonchev–Trinajstić information content (AvgIpc) is 2.60. The molecule has 6 nitrogen and oxygen atoms in total. The summed E-state index contributed by atoms with van der Waals surface area (Å²) in [6.45, 7) is 6.07. The van der Waals surface area contributed by atoms with Gasteiger partial charge in [0.25, 0.3) is 5.91 Å². The van der Waals surface area contributed by atoms with Gasteiger partial charge in [-0.25, -0.2) is 14.8 Å². The lowest BCUT2D eigenvalue weighted by atomic mass is 10.1. The number of nitrogens with zero attached hydrogens (tertiary/aromatic N) is 3. The molecule has 17 heavy (non-hydrogen) atoms. The lowest BCUT2D eigenvalue weighted by molar-refractivity contribution is -0.119. The zero-order valence-electron chi connectivity index (χ0n) is 10.1. The minimum absolute atomic E-state index is 0.235. The molecule has 1 unspecified atom stereocenters. The van der Waals surface area contributed by atoms with E-state index in [1.165, 1.54) is 11.2 Å². The number of carbonyl (C=O) groups excluding carboxylic acids is 2. The highest BCUT2D eigenvalue weighted by molar-refractivity contribution is 6.14. The van der Waals surface area contributed by atoms with Crippen molar-refractivity contribution < 1.29 is 14.3 Å². The number of fused-ring (bicyclic) bond motifs is 1. The summed E-state index contributed by atoms with van der Waals surface area (Å²) in [4.78, 5) is 32.4. The number of hydrogen-bond donors (Lipinski definition) is 0. The number of amides is 2. The molecule has 0 aromatic rings. The Bertz CT molecular complexity index is 420. The van der Waals surface area contributed by atoms with Crippen molar-refractivity contribution in [2.45, 2.75) is 26.4 Å². The monoisotopic (exact) mass is 237 g/mol. The van der Waals surface area contributed by atoms with Crippen LogP contribution in [0.15, 0.2) is 9.98 Å². The normalized spacial score (nSPS) is 23.5. The molecule has 0 aliphatic carbocycles. The van der Waals surface area contributed by atoms with E-state index in [0.717, 1.165) is 0 Å². The first-order valence-corrected chi connectivity index (χ1v) is 5.48. The van der Waals surface area contributed by atoms with Crippen LogP contribution in [0, 0.1) is 5.92 Å². The van der Waals surface area contributed by atoms with Crippen LogP contribution in [0.2, 0.25) is 0 Å². The second-order valence-electron chi connectivity index (χ2n) is 5.12.